The van der Waals surface area contributed by atoms with Gasteiger partial charge in [0, 0.05) is 24.9 Å². The number of thiazole rings is 1. The molecule has 2 aromatic carbocycles. The molecular weight excluding hydrogens is 518 g/mol. The van der Waals surface area contributed by atoms with Gasteiger partial charge in [-0.25, -0.2) is 9.97 Å². The Morgan fingerprint density at radius 1 is 1.05 bits per heavy atom. The van der Waals surface area contributed by atoms with Crippen LogP contribution in [0.5, 0.6) is 0 Å². The van der Waals surface area contributed by atoms with Crippen LogP contribution in [0.3, 0.4) is 0 Å². The van der Waals surface area contributed by atoms with E-state index in [1.54, 1.807) is 11.3 Å². The van der Waals surface area contributed by atoms with Crippen molar-refractivity contribution >= 4 is 33.3 Å². The van der Waals surface area contributed by atoms with Crippen molar-refractivity contribution in [3.05, 3.63) is 102 Å². The molecule has 0 bridgehead atoms. The number of aliphatic hydroxyl groups excluding tert-OH is 1. The number of rotatable bonds is 12. The van der Waals surface area contributed by atoms with Crippen molar-refractivity contribution in [3.63, 3.8) is 0 Å². The molecule has 1 aliphatic carbocycles. The number of hydrogen-bond acceptors (Lipinski definition) is 8. The lowest BCUT2D eigenvalue weighted by molar-refractivity contribution is 0.211. The molecule has 0 amide bonds. The van der Waals surface area contributed by atoms with Crippen molar-refractivity contribution in [2.75, 3.05) is 23.8 Å². The molecule has 1 aliphatic rings. The number of benzene rings is 2. The monoisotopic (exact) mass is 553 g/mol. The van der Waals surface area contributed by atoms with Crippen LogP contribution in [-0.2, 0) is 11.3 Å². The summed E-state index contributed by atoms with van der Waals surface area (Å²) in [5.74, 6) is 2.27. The summed E-state index contributed by atoms with van der Waals surface area (Å²) in [4.78, 5) is 14.6. The van der Waals surface area contributed by atoms with Gasteiger partial charge in [0.15, 0.2) is 0 Å². The number of aliphatic hydroxyl groups is 1. The molecular formula is C32H35N5O2S. The Labute approximate surface area is 239 Å². The second-order valence-electron chi connectivity index (χ2n) is 9.76. The van der Waals surface area contributed by atoms with E-state index in [9.17, 15) is 5.11 Å². The van der Waals surface area contributed by atoms with Crippen molar-refractivity contribution in [1.29, 1.82) is 0 Å². The van der Waals surface area contributed by atoms with Crippen molar-refractivity contribution in [2.24, 2.45) is 5.92 Å². The predicted octanol–water partition coefficient (Wildman–Crippen LogP) is 7.24. The summed E-state index contributed by atoms with van der Waals surface area (Å²) in [6.07, 6.45) is 10.7. The Bertz CT molecular complexity index is 1490. The van der Waals surface area contributed by atoms with E-state index < -0.39 is 0 Å². The zero-order valence-corrected chi connectivity index (χ0v) is 23.7. The van der Waals surface area contributed by atoms with Crippen molar-refractivity contribution < 1.29 is 9.84 Å². The molecule has 8 heteroatoms. The lowest BCUT2D eigenvalue weighted by atomic mass is 10.0. The summed E-state index contributed by atoms with van der Waals surface area (Å²) in [7, 11) is 0. The highest BCUT2D eigenvalue weighted by molar-refractivity contribution is 7.21. The zero-order valence-electron chi connectivity index (χ0n) is 22.9. The first-order valence-electron chi connectivity index (χ1n) is 13.7. The van der Waals surface area contributed by atoms with Gasteiger partial charge in [0.2, 0.25) is 5.95 Å². The average Bonchev–Trinajstić information content (AvgIpc) is 3.27. The second kappa shape index (κ2) is 13.4. The van der Waals surface area contributed by atoms with Crippen molar-refractivity contribution in [2.45, 2.75) is 39.7 Å². The molecule has 0 spiro atoms. The van der Waals surface area contributed by atoms with Crippen LogP contribution < -0.4 is 10.6 Å². The van der Waals surface area contributed by atoms with Gasteiger partial charge >= 0.3 is 0 Å². The predicted molar refractivity (Wildman–Crippen MR) is 164 cm³/mol. The van der Waals surface area contributed by atoms with E-state index in [1.807, 2.05) is 55.5 Å². The van der Waals surface area contributed by atoms with Gasteiger partial charge in [0.1, 0.15) is 23.2 Å². The fourth-order valence-electron chi connectivity index (χ4n) is 4.50. The van der Waals surface area contributed by atoms with Gasteiger partial charge in [-0.3, -0.25) is 0 Å². The highest BCUT2D eigenvalue weighted by atomic mass is 32.1. The van der Waals surface area contributed by atoms with E-state index in [0.717, 1.165) is 68.6 Å². The summed E-state index contributed by atoms with van der Waals surface area (Å²) >= 11 is 1.64. The number of nitrogens with one attached hydrogen (secondary N) is 2. The average molecular weight is 554 g/mol. The van der Waals surface area contributed by atoms with Crippen LogP contribution in [0, 0.1) is 12.8 Å². The highest BCUT2D eigenvalue weighted by Crippen LogP contribution is 2.36. The summed E-state index contributed by atoms with van der Waals surface area (Å²) in [5, 5.41) is 17.5. The maximum atomic E-state index is 9.66. The van der Waals surface area contributed by atoms with Crippen molar-refractivity contribution in [3.8, 4) is 10.6 Å². The first-order chi connectivity index (χ1) is 19.6. The lowest BCUT2D eigenvalue weighted by Crippen LogP contribution is -2.14. The molecule has 0 aliphatic heterocycles. The molecule has 0 saturated carbocycles. The molecule has 2 aromatic heterocycles. The minimum Gasteiger partial charge on any atom is -0.489 e. The topological polar surface area (TPSA) is 92.2 Å². The minimum atomic E-state index is 0.182. The highest BCUT2D eigenvalue weighted by Gasteiger charge is 2.18. The van der Waals surface area contributed by atoms with E-state index in [-0.39, 0.29) is 12.5 Å². The number of anilines is 2. The molecule has 1 unspecified atom stereocenters. The molecule has 3 N–H and O–H groups in total. The summed E-state index contributed by atoms with van der Waals surface area (Å²) < 4.78 is 7.21. The van der Waals surface area contributed by atoms with E-state index >= 15 is 0 Å². The lowest BCUT2D eigenvalue weighted by Gasteiger charge is -2.16. The fourth-order valence-corrected chi connectivity index (χ4v) is 5.56. The van der Waals surface area contributed by atoms with Crippen LogP contribution in [0.1, 0.15) is 37.4 Å². The summed E-state index contributed by atoms with van der Waals surface area (Å²) in [6.45, 7) is 5.47. The standard InChI is InChI=1S/C32H35N5O2S/c1-3-23(20-38)17-18-33-30-29(31-36-27-15-9-10-16-28(27)40-31)22(2)34-32(37-30)35-25-13-7-8-14-26(19-25)39-21-24-11-5-4-6-12-24/h4-6,8-16,19,23,38H,3,7,17-18,20-21H2,1-2H3,(H2,33,34,35,37). The third kappa shape index (κ3) is 6.94. The molecule has 0 radical (unpaired) electrons. The number of fused-ring (bicyclic) bond motifs is 1. The quantitative estimate of drug-likeness (QED) is 0.170. The largest absolute Gasteiger partial charge is 0.489 e. The molecule has 5 rings (SSSR count). The number of nitrogens with zero attached hydrogens (tertiary/aromatic N) is 3. The molecule has 0 fully saturated rings. The Morgan fingerprint density at radius 2 is 1.88 bits per heavy atom. The Hall–Kier alpha value is -4.01. The Balaban J connectivity index is 1.40. The molecule has 7 nitrogen and oxygen atoms in total. The second-order valence-corrected chi connectivity index (χ2v) is 10.8. The normalized spacial score (nSPS) is 13.9. The molecule has 2 heterocycles. The zero-order chi connectivity index (χ0) is 27.7. The Kier molecular flexibility index (Phi) is 9.21. The minimum absolute atomic E-state index is 0.182. The number of allylic oxidation sites excluding steroid dienone is 4. The van der Waals surface area contributed by atoms with Crippen LogP contribution in [0.4, 0.5) is 11.8 Å². The number of ether oxygens (including phenoxy) is 1. The number of aromatic nitrogens is 3. The van der Waals surface area contributed by atoms with E-state index in [1.165, 1.54) is 0 Å². The number of hydrogen-bond donors (Lipinski definition) is 3. The SMILES string of the molecule is CCC(CO)CCNc1nc(NC2=CCC=CC(OCc3ccccc3)=C2)nc(C)c1-c1nc2ccccc2s1. The first-order valence-corrected chi connectivity index (χ1v) is 14.6. The van der Waals surface area contributed by atoms with Gasteiger partial charge in [0.25, 0.3) is 0 Å². The van der Waals surface area contributed by atoms with Gasteiger partial charge in [0.05, 0.1) is 21.5 Å². The first kappa shape index (κ1) is 27.6. The molecule has 4 aromatic rings. The molecule has 206 valence electrons. The molecule has 1 atom stereocenters. The van der Waals surface area contributed by atoms with Crippen LogP contribution in [0.25, 0.3) is 20.8 Å². The van der Waals surface area contributed by atoms with Crippen LogP contribution in [0.2, 0.25) is 0 Å². The van der Waals surface area contributed by atoms with Gasteiger partial charge in [-0.1, -0.05) is 68.0 Å². The van der Waals surface area contributed by atoms with Crippen LogP contribution >= 0.6 is 11.3 Å². The fraction of sp³-hybridized carbons (Fsp3) is 0.281. The third-order valence-electron chi connectivity index (χ3n) is 6.84. The third-order valence-corrected chi connectivity index (χ3v) is 7.89. The smallest absolute Gasteiger partial charge is 0.229 e. The Morgan fingerprint density at radius 3 is 2.67 bits per heavy atom. The van der Waals surface area contributed by atoms with E-state index in [0.29, 0.717) is 19.1 Å². The summed E-state index contributed by atoms with van der Waals surface area (Å²) in [6, 6.07) is 18.3. The summed E-state index contributed by atoms with van der Waals surface area (Å²) in [5.41, 5.74) is 4.70. The number of aryl methyl sites for hydroxylation is 1. The number of para-hydroxylation sites is 1. The molecule has 0 saturated heterocycles. The van der Waals surface area contributed by atoms with Gasteiger partial charge in [-0.2, -0.15) is 4.98 Å². The van der Waals surface area contributed by atoms with E-state index in [4.69, 9.17) is 19.7 Å². The van der Waals surface area contributed by atoms with Gasteiger partial charge in [-0.05, 0) is 49.5 Å². The van der Waals surface area contributed by atoms with Gasteiger partial charge < -0.3 is 20.5 Å². The van der Waals surface area contributed by atoms with Gasteiger partial charge in [-0.15, -0.1) is 11.3 Å². The molecule has 40 heavy (non-hydrogen) atoms. The maximum Gasteiger partial charge on any atom is 0.229 e. The maximum absolute atomic E-state index is 9.66. The van der Waals surface area contributed by atoms with Crippen LogP contribution in [0.15, 0.2) is 90.4 Å². The van der Waals surface area contributed by atoms with Crippen LogP contribution in [-0.4, -0.2) is 33.2 Å². The van der Waals surface area contributed by atoms with Crippen molar-refractivity contribution in [1.82, 2.24) is 15.0 Å². The van der Waals surface area contributed by atoms with E-state index in [2.05, 4.69) is 47.9 Å².